The number of rotatable bonds is 3. The van der Waals surface area contributed by atoms with Gasteiger partial charge in [-0.2, -0.15) is 0 Å². The van der Waals surface area contributed by atoms with Crippen molar-refractivity contribution < 1.29 is 5.11 Å². The van der Waals surface area contributed by atoms with Gasteiger partial charge in [0, 0.05) is 6.04 Å². The second-order valence-electron chi connectivity index (χ2n) is 2.32. The van der Waals surface area contributed by atoms with Gasteiger partial charge in [0.25, 0.3) is 0 Å². The van der Waals surface area contributed by atoms with Gasteiger partial charge in [0.1, 0.15) is 0 Å². The minimum Gasteiger partial charge on any atom is -0.395 e. The van der Waals surface area contributed by atoms with Crippen LogP contribution in [-0.4, -0.2) is 24.8 Å². The number of halogens is 1. The van der Waals surface area contributed by atoms with Crippen molar-refractivity contribution in [1.82, 2.24) is 5.32 Å². The second kappa shape index (κ2) is 6.33. The summed E-state index contributed by atoms with van der Waals surface area (Å²) in [6.07, 6.45) is 0. The molecule has 2 N–H and O–H groups in total. The van der Waals surface area contributed by atoms with Crippen LogP contribution < -0.4 is 5.32 Å². The highest BCUT2D eigenvalue weighted by atomic mass is 35.5. The Bertz CT molecular complexity index is 55.0. The third-order valence-electron chi connectivity index (χ3n) is 1.37. The first kappa shape index (κ1) is 11.9. The molecule has 1 atom stereocenters. The van der Waals surface area contributed by atoms with E-state index in [1.54, 1.807) is 0 Å². The van der Waals surface area contributed by atoms with Crippen LogP contribution in [0.3, 0.4) is 0 Å². The van der Waals surface area contributed by atoms with Gasteiger partial charge < -0.3 is 10.4 Å². The molecule has 0 amide bonds. The van der Waals surface area contributed by atoms with E-state index in [4.69, 9.17) is 5.11 Å². The van der Waals surface area contributed by atoms with Gasteiger partial charge in [-0.05, 0) is 13.0 Å². The Hall–Kier alpha value is 0.210. The Kier molecular flexibility index (Phi) is 8.40. The number of hydrogen-bond donors (Lipinski definition) is 2. The maximum atomic E-state index is 8.63. The summed E-state index contributed by atoms with van der Waals surface area (Å²) in [5.74, 6) is 0.519. The molecule has 0 fully saturated rings. The molecule has 0 aliphatic carbocycles. The molecular weight excluding hydrogens is 138 g/mol. The fraction of sp³-hybridized carbons (Fsp3) is 1.00. The van der Waals surface area contributed by atoms with Crippen LogP contribution in [0.1, 0.15) is 13.8 Å². The molecule has 2 nitrogen and oxygen atoms in total. The minimum atomic E-state index is 0. The summed E-state index contributed by atoms with van der Waals surface area (Å²) < 4.78 is 0. The van der Waals surface area contributed by atoms with Crippen LogP contribution in [0.5, 0.6) is 0 Å². The van der Waals surface area contributed by atoms with E-state index in [2.05, 4.69) is 19.2 Å². The van der Waals surface area contributed by atoms with E-state index < -0.39 is 0 Å². The van der Waals surface area contributed by atoms with E-state index in [1.807, 2.05) is 7.05 Å². The highest BCUT2D eigenvalue weighted by Gasteiger charge is 2.06. The highest BCUT2D eigenvalue weighted by Crippen LogP contribution is 1.97. The molecule has 0 aromatic rings. The monoisotopic (exact) mass is 153 g/mol. The molecule has 3 heteroatoms. The average molecular weight is 154 g/mol. The summed E-state index contributed by atoms with van der Waals surface area (Å²) in [5, 5.41) is 11.6. The Morgan fingerprint density at radius 2 is 1.89 bits per heavy atom. The highest BCUT2D eigenvalue weighted by molar-refractivity contribution is 5.85. The number of hydrogen-bond acceptors (Lipinski definition) is 2. The predicted molar refractivity (Wildman–Crippen MR) is 42.0 cm³/mol. The zero-order chi connectivity index (χ0) is 6.57. The largest absolute Gasteiger partial charge is 0.395 e. The first-order chi connectivity index (χ1) is 3.72. The normalized spacial score (nSPS) is 13.0. The van der Waals surface area contributed by atoms with Gasteiger partial charge in [-0.1, -0.05) is 13.8 Å². The lowest BCUT2D eigenvalue weighted by atomic mass is 10.1. The Balaban J connectivity index is 0. The Labute approximate surface area is 63.1 Å². The van der Waals surface area contributed by atoms with Crippen molar-refractivity contribution in [2.24, 2.45) is 5.92 Å². The summed E-state index contributed by atoms with van der Waals surface area (Å²) in [6, 6.07) is 0.259. The third-order valence-corrected chi connectivity index (χ3v) is 1.37. The topological polar surface area (TPSA) is 32.3 Å². The van der Waals surface area contributed by atoms with Crippen molar-refractivity contribution in [2.45, 2.75) is 19.9 Å². The fourth-order valence-corrected chi connectivity index (χ4v) is 0.635. The molecule has 0 aliphatic heterocycles. The van der Waals surface area contributed by atoms with Crippen LogP contribution in [-0.2, 0) is 0 Å². The Morgan fingerprint density at radius 1 is 1.44 bits per heavy atom. The molecule has 1 unspecified atom stereocenters. The van der Waals surface area contributed by atoms with Crippen molar-refractivity contribution in [3.63, 3.8) is 0 Å². The molecule has 0 bridgehead atoms. The molecule has 0 saturated heterocycles. The van der Waals surface area contributed by atoms with E-state index in [0.29, 0.717) is 5.92 Å². The lowest BCUT2D eigenvalue weighted by Gasteiger charge is -2.15. The van der Waals surface area contributed by atoms with Gasteiger partial charge in [-0.3, -0.25) is 0 Å². The van der Waals surface area contributed by atoms with Crippen LogP contribution >= 0.6 is 12.4 Å². The second-order valence-corrected chi connectivity index (χ2v) is 2.32. The van der Waals surface area contributed by atoms with E-state index in [-0.39, 0.29) is 25.1 Å². The zero-order valence-corrected chi connectivity index (χ0v) is 7.03. The Morgan fingerprint density at radius 3 is 1.89 bits per heavy atom. The maximum absolute atomic E-state index is 8.63. The van der Waals surface area contributed by atoms with Gasteiger partial charge in [0.15, 0.2) is 0 Å². The van der Waals surface area contributed by atoms with Crippen molar-refractivity contribution in [1.29, 1.82) is 0 Å². The minimum absolute atomic E-state index is 0. The van der Waals surface area contributed by atoms with Crippen LogP contribution in [0, 0.1) is 5.92 Å². The van der Waals surface area contributed by atoms with E-state index in [0.717, 1.165) is 0 Å². The van der Waals surface area contributed by atoms with Crippen molar-refractivity contribution in [2.75, 3.05) is 13.7 Å². The lowest BCUT2D eigenvalue weighted by molar-refractivity contribution is 0.218. The van der Waals surface area contributed by atoms with Gasteiger partial charge in [0.2, 0.25) is 0 Å². The van der Waals surface area contributed by atoms with Crippen LogP contribution in [0.15, 0.2) is 0 Å². The molecule has 0 aromatic carbocycles. The molecule has 0 saturated carbocycles. The molecule has 0 radical (unpaired) electrons. The van der Waals surface area contributed by atoms with Gasteiger partial charge in [0.05, 0.1) is 6.61 Å². The summed E-state index contributed by atoms with van der Waals surface area (Å²) >= 11 is 0. The number of aliphatic hydroxyl groups excluding tert-OH is 1. The van der Waals surface area contributed by atoms with Gasteiger partial charge in [-0.15, -0.1) is 12.4 Å². The van der Waals surface area contributed by atoms with E-state index in [9.17, 15) is 0 Å². The summed E-state index contributed by atoms with van der Waals surface area (Å²) in [7, 11) is 1.86. The van der Waals surface area contributed by atoms with Crippen LogP contribution in [0.4, 0.5) is 0 Å². The van der Waals surface area contributed by atoms with E-state index in [1.165, 1.54) is 0 Å². The standard InChI is InChI=1S/C6H15NO.ClH/c1-5(2)6(4-8)7-3;/h5-8H,4H2,1-3H3;1H. The number of likely N-dealkylation sites (N-methyl/N-ethyl adjacent to an activating group) is 1. The van der Waals surface area contributed by atoms with Crippen LogP contribution in [0.25, 0.3) is 0 Å². The first-order valence-electron chi connectivity index (χ1n) is 3.00. The van der Waals surface area contributed by atoms with Crippen molar-refractivity contribution >= 4 is 12.4 Å². The number of aliphatic hydroxyl groups is 1. The molecule has 0 rings (SSSR count). The fourth-order valence-electron chi connectivity index (χ4n) is 0.635. The van der Waals surface area contributed by atoms with E-state index >= 15 is 0 Å². The molecule has 58 valence electrons. The quantitative estimate of drug-likeness (QED) is 0.624. The van der Waals surface area contributed by atoms with Crippen molar-refractivity contribution in [3.05, 3.63) is 0 Å². The smallest absolute Gasteiger partial charge is 0.0587 e. The molecule has 0 heterocycles. The van der Waals surface area contributed by atoms with Crippen molar-refractivity contribution in [3.8, 4) is 0 Å². The first-order valence-corrected chi connectivity index (χ1v) is 3.00. The van der Waals surface area contributed by atoms with Gasteiger partial charge >= 0.3 is 0 Å². The lowest BCUT2D eigenvalue weighted by Crippen LogP contribution is -2.33. The molecular formula is C6H16ClNO. The molecule has 0 aromatic heterocycles. The summed E-state index contributed by atoms with van der Waals surface area (Å²) in [6.45, 7) is 4.39. The van der Waals surface area contributed by atoms with Gasteiger partial charge in [-0.25, -0.2) is 0 Å². The SMILES string of the molecule is CNC(CO)C(C)C.Cl. The predicted octanol–water partition coefficient (Wildman–Crippen LogP) is 0.644. The maximum Gasteiger partial charge on any atom is 0.0587 e. The summed E-state index contributed by atoms with van der Waals surface area (Å²) in [4.78, 5) is 0. The van der Waals surface area contributed by atoms with Crippen LogP contribution in [0.2, 0.25) is 0 Å². The molecule has 0 spiro atoms. The number of nitrogens with one attached hydrogen (secondary N) is 1. The average Bonchev–Trinajstić information content (AvgIpc) is 1.69. The summed E-state index contributed by atoms with van der Waals surface area (Å²) in [5.41, 5.74) is 0. The molecule has 9 heavy (non-hydrogen) atoms. The zero-order valence-electron chi connectivity index (χ0n) is 6.22. The molecule has 0 aliphatic rings. The third kappa shape index (κ3) is 4.70.